The normalized spacial score (nSPS) is 10.8. The van der Waals surface area contributed by atoms with E-state index >= 15 is 0 Å². The summed E-state index contributed by atoms with van der Waals surface area (Å²) in [6.07, 6.45) is 2.17. The van der Waals surface area contributed by atoms with Crippen LogP contribution in [-0.2, 0) is 13.0 Å². The van der Waals surface area contributed by atoms with Gasteiger partial charge >= 0.3 is 0 Å². The fourth-order valence-corrected chi connectivity index (χ4v) is 3.22. The monoisotopic (exact) mass is 373 g/mol. The molecule has 3 aromatic rings. The lowest BCUT2D eigenvalue weighted by molar-refractivity contribution is 0.296. The zero-order valence-electron chi connectivity index (χ0n) is 14.0. The van der Waals surface area contributed by atoms with Crippen molar-refractivity contribution in [1.29, 1.82) is 0 Å². The Bertz CT molecular complexity index is 807. The summed E-state index contributed by atoms with van der Waals surface area (Å²) in [4.78, 5) is 4.46. The van der Waals surface area contributed by atoms with Crippen LogP contribution < -0.4 is 4.74 Å². The topological polar surface area (TPSA) is 50.8 Å². The molecule has 130 valence electrons. The van der Waals surface area contributed by atoms with Gasteiger partial charge in [0.05, 0.1) is 0 Å². The van der Waals surface area contributed by atoms with E-state index in [-0.39, 0.29) is 0 Å². The van der Waals surface area contributed by atoms with E-state index in [1.165, 1.54) is 5.56 Å². The maximum absolute atomic E-state index is 6.01. The third kappa shape index (κ3) is 5.51. The molecule has 0 spiro atoms. The summed E-state index contributed by atoms with van der Waals surface area (Å²) in [5, 5.41) is 8.66. The SMILES string of the molecule is Cc1cc(OCc2nc(SCCCc3ccccc3)n[nH]2)ccc1Cl. The molecule has 6 heteroatoms. The van der Waals surface area contributed by atoms with Gasteiger partial charge in [0.25, 0.3) is 0 Å². The van der Waals surface area contributed by atoms with E-state index in [0.717, 1.165) is 45.9 Å². The van der Waals surface area contributed by atoms with Gasteiger partial charge in [-0.15, -0.1) is 5.10 Å². The molecule has 4 nitrogen and oxygen atoms in total. The van der Waals surface area contributed by atoms with E-state index in [0.29, 0.717) is 6.61 Å². The molecule has 1 aromatic heterocycles. The summed E-state index contributed by atoms with van der Waals surface area (Å²) >= 11 is 7.67. The maximum Gasteiger partial charge on any atom is 0.208 e. The molecule has 0 bridgehead atoms. The summed E-state index contributed by atoms with van der Waals surface area (Å²) in [6, 6.07) is 16.1. The molecule has 0 atom stereocenters. The minimum atomic E-state index is 0.360. The van der Waals surface area contributed by atoms with E-state index in [4.69, 9.17) is 16.3 Å². The maximum atomic E-state index is 6.01. The number of benzene rings is 2. The molecule has 1 heterocycles. The average Bonchev–Trinajstić information content (AvgIpc) is 3.08. The second-order valence-corrected chi connectivity index (χ2v) is 7.17. The van der Waals surface area contributed by atoms with Gasteiger partial charge in [0, 0.05) is 10.8 Å². The van der Waals surface area contributed by atoms with Crippen molar-refractivity contribution in [3.05, 3.63) is 70.5 Å². The van der Waals surface area contributed by atoms with E-state index in [1.807, 2.05) is 31.2 Å². The Morgan fingerprint density at radius 2 is 2.00 bits per heavy atom. The molecule has 2 aromatic carbocycles. The molecule has 0 amide bonds. The number of aromatic amines is 1. The summed E-state index contributed by atoms with van der Waals surface area (Å²) < 4.78 is 5.72. The Balaban J connectivity index is 1.42. The van der Waals surface area contributed by atoms with Crippen LogP contribution in [0.4, 0.5) is 0 Å². The fraction of sp³-hybridized carbons (Fsp3) is 0.263. The molecule has 0 aliphatic carbocycles. The van der Waals surface area contributed by atoms with Gasteiger partial charge in [-0.25, -0.2) is 4.98 Å². The highest BCUT2D eigenvalue weighted by atomic mass is 35.5. The molecule has 3 rings (SSSR count). The van der Waals surface area contributed by atoms with Gasteiger partial charge in [0.1, 0.15) is 12.4 Å². The van der Waals surface area contributed by atoms with Crippen LogP contribution in [0.1, 0.15) is 23.4 Å². The van der Waals surface area contributed by atoms with Crippen molar-refractivity contribution in [2.45, 2.75) is 31.5 Å². The molecular formula is C19H20ClN3OS. The highest BCUT2D eigenvalue weighted by molar-refractivity contribution is 7.99. The predicted octanol–water partition coefficient (Wildman–Crippen LogP) is 5.07. The standard InChI is InChI=1S/C19H20ClN3OS/c1-14-12-16(9-10-17(14)20)24-13-18-21-19(23-22-18)25-11-5-8-15-6-3-2-4-7-15/h2-4,6-7,9-10,12H,5,8,11,13H2,1H3,(H,21,22,23). The number of rotatable bonds is 8. The van der Waals surface area contributed by atoms with Crippen LogP contribution in [0.15, 0.2) is 53.7 Å². The van der Waals surface area contributed by atoms with E-state index in [9.17, 15) is 0 Å². The second kappa shape index (κ2) is 8.92. The number of aromatic nitrogens is 3. The molecular weight excluding hydrogens is 354 g/mol. The van der Waals surface area contributed by atoms with E-state index in [1.54, 1.807) is 11.8 Å². The van der Waals surface area contributed by atoms with Crippen molar-refractivity contribution in [3.63, 3.8) is 0 Å². The summed E-state index contributed by atoms with van der Waals surface area (Å²) in [6.45, 7) is 2.31. The third-order valence-corrected chi connectivity index (χ3v) is 5.06. The van der Waals surface area contributed by atoms with Crippen LogP contribution in [-0.4, -0.2) is 20.9 Å². The summed E-state index contributed by atoms with van der Waals surface area (Å²) in [5.41, 5.74) is 2.36. The quantitative estimate of drug-likeness (QED) is 0.442. The molecule has 0 saturated heterocycles. The van der Waals surface area contributed by atoms with E-state index in [2.05, 4.69) is 39.4 Å². The van der Waals surface area contributed by atoms with Crippen molar-refractivity contribution >= 4 is 23.4 Å². The third-order valence-electron chi connectivity index (χ3n) is 3.70. The first kappa shape index (κ1) is 17.8. The zero-order chi connectivity index (χ0) is 17.5. The van der Waals surface area contributed by atoms with Crippen molar-refractivity contribution in [1.82, 2.24) is 15.2 Å². The van der Waals surface area contributed by atoms with Gasteiger partial charge in [-0.3, -0.25) is 5.10 Å². The predicted molar refractivity (Wildman–Crippen MR) is 102 cm³/mol. The molecule has 0 unspecified atom stereocenters. The number of thioether (sulfide) groups is 1. The van der Waals surface area contributed by atoms with Crippen molar-refractivity contribution in [3.8, 4) is 5.75 Å². The Morgan fingerprint density at radius 1 is 1.16 bits per heavy atom. The smallest absolute Gasteiger partial charge is 0.208 e. The highest BCUT2D eigenvalue weighted by Gasteiger charge is 2.06. The lowest BCUT2D eigenvalue weighted by Gasteiger charge is -2.05. The molecule has 0 aliphatic rings. The number of hydrogen-bond acceptors (Lipinski definition) is 4. The second-order valence-electron chi connectivity index (χ2n) is 5.70. The minimum absolute atomic E-state index is 0.360. The highest BCUT2D eigenvalue weighted by Crippen LogP contribution is 2.22. The number of aryl methyl sites for hydroxylation is 2. The Labute approximate surface area is 157 Å². The van der Waals surface area contributed by atoms with Gasteiger partial charge in [-0.2, -0.15) is 0 Å². The molecule has 1 N–H and O–H groups in total. The number of nitrogens with zero attached hydrogens (tertiary/aromatic N) is 2. The van der Waals surface area contributed by atoms with Crippen LogP contribution in [0.25, 0.3) is 0 Å². The van der Waals surface area contributed by atoms with Crippen molar-refractivity contribution in [2.75, 3.05) is 5.75 Å². The van der Waals surface area contributed by atoms with Gasteiger partial charge in [-0.1, -0.05) is 53.7 Å². The van der Waals surface area contributed by atoms with Gasteiger partial charge in [0.15, 0.2) is 5.82 Å². The minimum Gasteiger partial charge on any atom is -0.486 e. The lowest BCUT2D eigenvalue weighted by Crippen LogP contribution is -1.98. The van der Waals surface area contributed by atoms with Crippen LogP contribution in [0.2, 0.25) is 5.02 Å². The molecule has 25 heavy (non-hydrogen) atoms. The van der Waals surface area contributed by atoms with Crippen molar-refractivity contribution in [2.24, 2.45) is 0 Å². The summed E-state index contributed by atoms with van der Waals surface area (Å²) in [7, 11) is 0. The Morgan fingerprint density at radius 3 is 2.80 bits per heavy atom. The van der Waals surface area contributed by atoms with Crippen LogP contribution in [0.3, 0.4) is 0 Å². The number of ether oxygens (including phenoxy) is 1. The molecule has 0 radical (unpaired) electrons. The Hall–Kier alpha value is -1.98. The average molecular weight is 374 g/mol. The van der Waals surface area contributed by atoms with Crippen molar-refractivity contribution < 1.29 is 4.74 Å². The van der Waals surface area contributed by atoms with Gasteiger partial charge < -0.3 is 4.74 Å². The fourth-order valence-electron chi connectivity index (χ4n) is 2.35. The first-order valence-electron chi connectivity index (χ1n) is 8.17. The van der Waals surface area contributed by atoms with Crippen LogP contribution >= 0.6 is 23.4 Å². The lowest BCUT2D eigenvalue weighted by atomic mass is 10.1. The number of halogens is 1. The number of H-pyrrole nitrogens is 1. The van der Waals surface area contributed by atoms with Gasteiger partial charge in [0.2, 0.25) is 5.16 Å². The van der Waals surface area contributed by atoms with E-state index < -0.39 is 0 Å². The molecule has 0 saturated carbocycles. The van der Waals surface area contributed by atoms with Gasteiger partial charge in [-0.05, 0) is 49.1 Å². The summed E-state index contributed by atoms with van der Waals surface area (Å²) in [5.74, 6) is 2.48. The number of nitrogens with one attached hydrogen (secondary N) is 1. The molecule has 0 aliphatic heterocycles. The first-order valence-corrected chi connectivity index (χ1v) is 9.54. The Kier molecular flexibility index (Phi) is 6.36. The van der Waals surface area contributed by atoms with Crippen LogP contribution in [0.5, 0.6) is 5.75 Å². The molecule has 0 fully saturated rings. The largest absolute Gasteiger partial charge is 0.486 e. The number of hydrogen-bond donors (Lipinski definition) is 1. The van der Waals surface area contributed by atoms with Crippen LogP contribution in [0, 0.1) is 6.92 Å². The first-order chi connectivity index (χ1) is 12.2. The zero-order valence-corrected chi connectivity index (χ0v) is 15.6.